The standard InChI is InChI=1S/C13H13F3N2O2/c1-7(19)18(8-2-3-8)6-11(20)17-10-5-4-9(14)12(15)13(10)16/h4-5,8H,2-3,6H2,1H3,(H,17,20). The number of amides is 2. The van der Waals surface area contributed by atoms with Crippen LogP contribution in [-0.2, 0) is 9.59 Å². The number of carbonyl (C=O) groups is 2. The maximum absolute atomic E-state index is 13.4. The summed E-state index contributed by atoms with van der Waals surface area (Å²) in [4.78, 5) is 24.4. The highest BCUT2D eigenvalue weighted by molar-refractivity contribution is 5.94. The minimum Gasteiger partial charge on any atom is -0.331 e. The Hall–Kier alpha value is -2.05. The Morgan fingerprint density at radius 2 is 1.90 bits per heavy atom. The molecule has 0 saturated heterocycles. The van der Waals surface area contributed by atoms with Gasteiger partial charge in [0, 0.05) is 13.0 Å². The first kappa shape index (κ1) is 14.4. The smallest absolute Gasteiger partial charge is 0.244 e. The van der Waals surface area contributed by atoms with Crippen molar-refractivity contribution in [3.8, 4) is 0 Å². The molecule has 108 valence electrons. The van der Waals surface area contributed by atoms with Crippen LogP contribution in [0.3, 0.4) is 0 Å². The van der Waals surface area contributed by atoms with Gasteiger partial charge in [0.1, 0.15) is 6.54 Å². The van der Waals surface area contributed by atoms with Crippen molar-refractivity contribution < 1.29 is 22.8 Å². The number of anilines is 1. The third-order valence-electron chi connectivity index (χ3n) is 3.02. The van der Waals surface area contributed by atoms with Crippen LogP contribution in [-0.4, -0.2) is 29.3 Å². The molecule has 0 aromatic heterocycles. The molecule has 1 fully saturated rings. The van der Waals surface area contributed by atoms with Gasteiger partial charge in [-0.3, -0.25) is 9.59 Å². The van der Waals surface area contributed by atoms with E-state index in [9.17, 15) is 22.8 Å². The highest BCUT2D eigenvalue weighted by atomic mass is 19.2. The average Bonchev–Trinajstić information content (AvgIpc) is 3.21. The van der Waals surface area contributed by atoms with Crippen LogP contribution < -0.4 is 5.32 Å². The van der Waals surface area contributed by atoms with E-state index in [0.717, 1.165) is 25.0 Å². The number of hydrogen-bond acceptors (Lipinski definition) is 2. The highest BCUT2D eigenvalue weighted by Crippen LogP contribution is 2.27. The average molecular weight is 286 g/mol. The second-order valence-electron chi connectivity index (χ2n) is 4.65. The number of nitrogens with one attached hydrogen (secondary N) is 1. The first-order chi connectivity index (χ1) is 9.40. The maximum atomic E-state index is 13.4. The summed E-state index contributed by atoms with van der Waals surface area (Å²) < 4.78 is 39.1. The van der Waals surface area contributed by atoms with E-state index in [1.807, 2.05) is 0 Å². The van der Waals surface area contributed by atoms with Gasteiger partial charge in [-0.25, -0.2) is 13.2 Å². The van der Waals surface area contributed by atoms with E-state index in [0.29, 0.717) is 0 Å². The van der Waals surface area contributed by atoms with Crippen LogP contribution in [0.15, 0.2) is 12.1 Å². The van der Waals surface area contributed by atoms with Crippen LogP contribution >= 0.6 is 0 Å². The molecule has 0 bridgehead atoms. The molecule has 2 amide bonds. The lowest BCUT2D eigenvalue weighted by atomic mass is 10.2. The first-order valence-corrected chi connectivity index (χ1v) is 6.10. The third kappa shape index (κ3) is 3.09. The van der Waals surface area contributed by atoms with E-state index in [1.54, 1.807) is 0 Å². The topological polar surface area (TPSA) is 49.4 Å². The molecule has 0 heterocycles. The SMILES string of the molecule is CC(=O)N(CC(=O)Nc1ccc(F)c(F)c1F)C1CC1. The zero-order chi connectivity index (χ0) is 14.9. The molecule has 0 atom stereocenters. The number of nitrogens with zero attached hydrogens (tertiary/aromatic N) is 1. The normalized spacial score (nSPS) is 14.0. The second-order valence-corrected chi connectivity index (χ2v) is 4.65. The van der Waals surface area contributed by atoms with Gasteiger partial charge >= 0.3 is 0 Å². The molecule has 2 rings (SSSR count). The van der Waals surface area contributed by atoms with E-state index >= 15 is 0 Å². The zero-order valence-electron chi connectivity index (χ0n) is 10.8. The molecule has 20 heavy (non-hydrogen) atoms. The summed E-state index contributed by atoms with van der Waals surface area (Å²) in [6, 6.07) is 1.69. The maximum Gasteiger partial charge on any atom is 0.244 e. The zero-order valence-corrected chi connectivity index (χ0v) is 10.8. The van der Waals surface area contributed by atoms with E-state index in [-0.39, 0.29) is 18.5 Å². The summed E-state index contributed by atoms with van der Waals surface area (Å²) in [5.41, 5.74) is -0.451. The fraction of sp³-hybridized carbons (Fsp3) is 0.385. The summed E-state index contributed by atoms with van der Waals surface area (Å²) in [5.74, 6) is -5.35. The molecule has 0 unspecified atom stereocenters. The molecule has 0 spiro atoms. The van der Waals surface area contributed by atoms with Crippen molar-refractivity contribution in [3.63, 3.8) is 0 Å². The summed E-state index contributed by atoms with van der Waals surface area (Å²) in [6.07, 6.45) is 1.65. The molecule has 0 radical (unpaired) electrons. The van der Waals surface area contributed by atoms with E-state index < -0.39 is 29.0 Å². The van der Waals surface area contributed by atoms with E-state index in [1.165, 1.54) is 11.8 Å². The van der Waals surface area contributed by atoms with Gasteiger partial charge in [-0.1, -0.05) is 0 Å². The van der Waals surface area contributed by atoms with Gasteiger partial charge in [-0.15, -0.1) is 0 Å². The molecular weight excluding hydrogens is 273 g/mol. The minimum absolute atomic E-state index is 0.0352. The molecule has 1 aromatic rings. The number of benzene rings is 1. The largest absolute Gasteiger partial charge is 0.331 e. The van der Waals surface area contributed by atoms with Crippen LogP contribution in [0.1, 0.15) is 19.8 Å². The van der Waals surface area contributed by atoms with Crippen molar-refractivity contribution in [3.05, 3.63) is 29.6 Å². The van der Waals surface area contributed by atoms with Crippen LogP contribution in [0.2, 0.25) is 0 Å². The fourth-order valence-corrected chi connectivity index (χ4v) is 1.85. The summed E-state index contributed by atoms with van der Waals surface area (Å²) >= 11 is 0. The molecular formula is C13H13F3N2O2. The lowest BCUT2D eigenvalue weighted by Crippen LogP contribution is -2.38. The lowest BCUT2D eigenvalue weighted by molar-refractivity contribution is -0.133. The van der Waals surface area contributed by atoms with Crippen molar-refractivity contribution in [1.29, 1.82) is 0 Å². The first-order valence-electron chi connectivity index (χ1n) is 6.10. The van der Waals surface area contributed by atoms with Gasteiger partial charge in [0.2, 0.25) is 11.8 Å². The van der Waals surface area contributed by atoms with Crippen LogP contribution in [0.25, 0.3) is 0 Å². The fourth-order valence-electron chi connectivity index (χ4n) is 1.85. The summed E-state index contributed by atoms with van der Waals surface area (Å²) in [7, 11) is 0. The minimum atomic E-state index is -1.64. The van der Waals surface area contributed by atoms with Gasteiger partial charge < -0.3 is 10.2 Å². The van der Waals surface area contributed by atoms with Crippen molar-refractivity contribution >= 4 is 17.5 Å². The molecule has 1 N–H and O–H groups in total. The van der Waals surface area contributed by atoms with Gasteiger partial charge in [-0.05, 0) is 25.0 Å². The number of halogens is 3. The lowest BCUT2D eigenvalue weighted by Gasteiger charge is -2.19. The number of hydrogen-bond donors (Lipinski definition) is 1. The predicted octanol–water partition coefficient (Wildman–Crippen LogP) is 2.05. The van der Waals surface area contributed by atoms with Gasteiger partial charge in [0.05, 0.1) is 5.69 Å². The number of rotatable bonds is 4. The van der Waals surface area contributed by atoms with Crippen molar-refractivity contribution in [2.45, 2.75) is 25.8 Å². The molecule has 1 saturated carbocycles. The van der Waals surface area contributed by atoms with Crippen LogP contribution in [0.4, 0.5) is 18.9 Å². The Balaban J connectivity index is 2.04. The molecule has 1 aliphatic rings. The molecule has 4 nitrogen and oxygen atoms in total. The molecule has 0 aliphatic heterocycles. The number of carbonyl (C=O) groups excluding carboxylic acids is 2. The van der Waals surface area contributed by atoms with Crippen molar-refractivity contribution in [2.75, 3.05) is 11.9 Å². The Morgan fingerprint density at radius 3 is 2.45 bits per heavy atom. The van der Waals surface area contributed by atoms with E-state index in [2.05, 4.69) is 5.32 Å². The van der Waals surface area contributed by atoms with Crippen LogP contribution in [0.5, 0.6) is 0 Å². The highest BCUT2D eigenvalue weighted by Gasteiger charge is 2.32. The van der Waals surface area contributed by atoms with Crippen molar-refractivity contribution in [1.82, 2.24) is 4.90 Å². The van der Waals surface area contributed by atoms with Crippen molar-refractivity contribution in [2.24, 2.45) is 0 Å². The Bertz CT molecular complexity index is 559. The predicted molar refractivity (Wildman–Crippen MR) is 65.4 cm³/mol. The second kappa shape index (κ2) is 5.52. The van der Waals surface area contributed by atoms with Gasteiger partial charge in [0.25, 0.3) is 0 Å². The third-order valence-corrected chi connectivity index (χ3v) is 3.02. The van der Waals surface area contributed by atoms with Crippen LogP contribution in [0, 0.1) is 17.5 Å². The quantitative estimate of drug-likeness (QED) is 0.861. The monoisotopic (exact) mass is 286 g/mol. The summed E-state index contributed by atoms with van der Waals surface area (Å²) in [5, 5.41) is 2.13. The summed E-state index contributed by atoms with van der Waals surface area (Å²) in [6.45, 7) is 1.10. The molecule has 1 aromatic carbocycles. The molecule has 1 aliphatic carbocycles. The van der Waals surface area contributed by atoms with E-state index in [4.69, 9.17) is 0 Å². The Morgan fingerprint density at radius 1 is 1.25 bits per heavy atom. The molecule has 7 heteroatoms. The van der Waals surface area contributed by atoms with Gasteiger partial charge in [-0.2, -0.15) is 0 Å². The Labute approximate surface area is 113 Å². The van der Waals surface area contributed by atoms with Gasteiger partial charge in [0.15, 0.2) is 17.5 Å². The Kier molecular flexibility index (Phi) is 3.96.